The maximum Gasteiger partial charge on any atom is 0.323 e. The van der Waals surface area contributed by atoms with Gasteiger partial charge in [0.1, 0.15) is 6.04 Å². The van der Waals surface area contributed by atoms with Crippen LogP contribution in [0.4, 0.5) is 0 Å². The van der Waals surface area contributed by atoms with Crippen LogP contribution in [0, 0.1) is 0 Å². The first kappa shape index (κ1) is 10.7. The fraction of sp³-hybridized carbons (Fsp3) is 0.833. The molecule has 0 aromatic carbocycles. The highest BCUT2D eigenvalue weighted by Crippen LogP contribution is 2.00. The summed E-state index contributed by atoms with van der Waals surface area (Å²) in [7, 11) is 1.33. The Hall–Kier alpha value is -0.260. The first-order chi connectivity index (χ1) is 5.22. The van der Waals surface area contributed by atoms with Crippen LogP contribution in [0.1, 0.15) is 0 Å². The van der Waals surface area contributed by atoms with E-state index in [1.165, 1.54) is 7.11 Å². The van der Waals surface area contributed by atoms with Gasteiger partial charge in [0.25, 0.3) is 0 Å². The molecule has 0 aliphatic heterocycles. The molecule has 0 radical (unpaired) electrons. The molecule has 0 saturated carbocycles. The summed E-state index contributed by atoms with van der Waals surface area (Å²) in [4.78, 5) is 10.7. The summed E-state index contributed by atoms with van der Waals surface area (Å²) in [5.74, 6) is 1.03. The summed E-state index contributed by atoms with van der Waals surface area (Å²) in [6.45, 7) is 0.610. The lowest BCUT2D eigenvalue weighted by Crippen LogP contribution is -2.34. The third-order valence-corrected chi connectivity index (χ3v) is 2.18. The monoisotopic (exact) mass is 178 g/mol. The molecule has 1 atom stereocenters. The van der Waals surface area contributed by atoms with Gasteiger partial charge in [-0.3, -0.25) is 4.79 Å². The lowest BCUT2D eigenvalue weighted by molar-refractivity contribution is -0.141. The topological polar surface area (TPSA) is 78.3 Å². The van der Waals surface area contributed by atoms with Gasteiger partial charge in [0, 0.05) is 18.1 Å². The zero-order valence-electron chi connectivity index (χ0n) is 6.58. The minimum atomic E-state index is -0.517. The number of ether oxygens (including phenoxy) is 1. The van der Waals surface area contributed by atoms with Crippen LogP contribution in [0.3, 0.4) is 0 Å². The Balaban J connectivity index is 3.36. The Morgan fingerprint density at radius 1 is 1.73 bits per heavy atom. The molecule has 0 saturated heterocycles. The van der Waals surface area contributed by atoms with E-state index >= 15 is 0 Å². The van der Waals surface area contributed by atoms with Crippen molar-refractivity contribution in [3.8, 4) is 0 Å². The van der Waals surface area contributed by atoms with Gasteiger partial charge in [0.2, 0.25) is 0 Å². The summed E-state index contributed by atoms with van der Waals surface area (Å²) in [5, 5.41) is 0. The predicted octanol–water partition coefficient (Wildman–Crippen LogP) is -0.821. The fourth-order valence-electron chi connectivity index (χ4n) is 0.513. The largest absolute Gasteiger partial charge is 0.468 e. The number of rotatable bonds is 5. The van der Waals surface area contributed by atoms with Crippen molar-refractivity contribution in [3.05, 3.63) is 0 Å². The minimum Gasteiger partial charge on any atom is -0.468 e. The second-order valence-corrected chi connectivity index (χ2v) is 3.14. The number of nitrogens with two attached hydrogens (primary N) is 2. The van der Waals surface area contributed by atoms with Crippen LogP contribution >= 0.6 is 11.8 Å². The lowest BCUT2D eigenvalue weighted by atomic mass is 10.4. The van der Waals surface area contributed by atoms with Crippen molar-refractivity contribution in [3.63, 3.8) is 0 Å². The first-order valence-electron chi connectivity index (χ1n) is 3.33. The van der Waals surface area contributed by atoms with E-state index in [4.69, 9.17) is 11.5 Å². The number of esters is 1. The number of thioether (sulfide) groups is 1. The molecule has 0 bridgehead atoms. The Bertz CT molecular complexity index is 121. The predicted molar refractivity (Wildman–Crippen MR) is 46.4 cm³/mol. The van der Waals surface area contributed by atoms with Gasteiger partial charge < -0.3 is 16.2 Å². The normalized spacial score (nSPS) is 12.6. The molecular formula is C6H14N2O2S. The Labute approximate surface area is 70.6 Å². The van der Waals surface area contributed by atoms with Gasteiger partial charge >= 0.3 is 5.97 Å². The quantitative estimate of drug-likeness (QED) is 0.425. The van der Waals surface area contributed by atoms with Crippen molar-refractivity contribution in [2.75, 3.05) is 25.2 Å². The molecule has 4 N–H and O–H groups in total. The number of hydrogen-bond donors (Lipinski definition) is 2. The average molecular weight is 178 g/mol. The molecule has 0 aliphatic rings. The van der Waals surface area contributed by atoms with Gasteiger partial charge in [-0.2, -0.15) is 11.8 Å². The van der Waals surface area contributed by atoms with Crippen molar-refractivity contribution in [2.24, 2.45) is 11.5 Å². The van der Waals surface area contributed by atoms with Crippen molar-refractivity contribution in [2.45, 2.75) is 6.04 Å². The van der Waals surface area contributed by atoms with Crippen LogP contribution < -0.4 is 11.5 Å². The smallest absolute Gasteiger partial charge is 0.323 e. The van der Waals surface area contributed by atoms with Gasteiger partial charge in [0.05, 0.1) is 7.11 Å². The van der Waals surface area contributed by atoms with Crippen LogP contribution in [-0.4, -0.2) is 37.2 Å². The van der Waals surface area contributed by atoms with Crippen LogP contribution in [0.15, 0.2) is 0 Å². The van der Waals surface area contributed by atoms with Crippen LogP contribution in [0.25, 0.3) is 0 Å². The number of hydrogen-bond acceptors (Lipinski definition) is 5. The van der Waals surface area contributed by atoms with E-state index in [0.29, 0.717) is 12.3 Å². The Kier molecular flexibility index (Phi) is 6.30. The summed E-state index contributed by atoms with van der Waals surface area (Å²) in [6, 6.07) is -0.517. The van der Waals surface area contributed by atoms with Gasteiger partial charge in [-0.25, -0.2) is 0 Å². The van der Waals surface area contributed by atoms with Crippen LogP contribution in [-0.2, 0) is 9.53 Å². The van der Waals surface area contributed by atoms with E-state index in [0.717, 1.165) is 5.75 Å². The molecule has 4 nitrogen and oxygen atoms in total. The second kappa shape index (κ2) is 6.45. The summed E-state index contributed by atoms with van der Waals surface area (Å²) < 4.78 is 4.43. The van der Waals surface area contributed by atoms with Crippen molar-refractivity contribution in [1.82, 2.24) is 0 Å². The van der Waals surface area contributed by atoms with E-state index < -0.39 is 6.04 Å². The maximum atomic E-state index is 10.7. The standard InChI is InChI=1S/C6H14N2O2S/c1-10-6(9)5(8)4-11-3-2-7/h5H,2-4,7-8H2,1H3. The van der Waals surface area contributed by atoms with E-state index in [1.807, 2.05) is 0 Å². The highest BCUT2D eigenvalue weighted by Gasteiger charge is 2.12. The van der Waals surface area contributed by atoms with Gasteiger partial charge in [0.15, 0.2) is 0 Å². The molecular weight excluding hydrogens is 164 g/mol. The Morgan fingerprint density at radius 2 is 2.36 bits per heavy atom. The molecule has 0 aromatic heterocycles. The van der Waals surface area contributed by atoms with Gasteiger partial charge in [-0.15, -0.1) is 0 Å². The highest BCUT2D eigenvalue weighted by molar-refractivity contribution is 7.99. The Morgan fingerprint density at radius 3 is 2.82 bits per heavy atom. The maximum absolute atomic E-state index is 10.7. The molecule has 0 spiro atoms. The summed E-state index contributed by atoms with van der Waals surface area (Å²) in [5.41, 5.74) is 10.7. The molecule has 0 aromatic rings. The van der Waals surface area contributed by atoms with E-state index in [9.17, 15) is 4.79 Å². The fourth-order valence-corrected chi connectivity index (χ4v) is 1.24. The second-order valence-electron chi connectivity index (χ2n) is 1.99. The molecule has 1 unspecified atom stereocenters. The third kappa shape index (κ3) is 5.06. The van der Waals surface area contributed by atoms with Gasteiger partial charge in [-0.1, -0.05) is 0 Å². The average Bonchev–Trinajstić information content (AvgIpc) is 2.03. The summed E-state index contributed by atoms with van der Waals surface area (Å²) in [6.07, 6.45) is 0. The minimum absolute atomic E-state index is 0.366. The number of carbonyl (C=O) groups excluding carboxylic acids is 1. The third-order valence-electron chi connectivity index (χ3n) is 1.06. The van der Waals surface area contributed by atoms with Crippen molar-refractivity contribution < 1.29 is 9.53 Å². The van der Waals surface area contributed by atoms with Crippen molar-refractivity contribution >= 4 is 17.7 Å². The van der Waals surface area contributed by atoms with Crippen molar-refractivity contribution in [1.29, 1.82) is 0 Å². The molecule has 5 heteroatoms. The van der Waals surface area contributed by atoms with Crippen LogP contribution in [0.5, 0.6) is 0 Å². The zero-order chi connectivity index (χ0) is 8.69. The van der Waals surface area contributed by atoms with E-state index in [1.54, 1.807) is 11.8 Å². The highest BCUT2D eigenvalue weighted by atomic mass is 32.2. The molecule has 0 aliphatic carbocycles. The zero-order valence-corrected chi connectivity index (χ0v) is 7.39. The molecule has 66 valence electrons. The first-order valence-corrected chi connectivity index (χ1v) is 4.49. The molecule has 11 heavy (non-hydrogen) atoms. The SMILES string of the molecule is COC(=O)C(N)CSCCN. The lowest BCUT2D eigenvalue weighted by Gasteiger charge is -2.07. The molecule has 0 amide bonds. The van der Waals surface area contributed by atoms with E-state index in [2.05, 4.69) is 4.74 Å². The molecule has 0 fully saturated rings. The van der Waals surface area contributed by atoms with E-state index in [-0.39, 0.29) is 5.97 Å². The molecule has 0 rings (SSSR count). The molecule has 0 heterocycles. The summed E-state index contributed by atoms with van der Waals surface area (Å²) >= 11 is 1.55. The number of carbonyl (C=O) groups is 1. The van der Waals surface area contributed by atoms with Gasteiger partial charge in [-0.05, 0) is 0 Å². The van der Waals surface area contributed by atoms with Crippen LogP contribution in [0.2, 0.25) is 0 Å². The number of methoxy groups -OCH3 is 1.